The van der Waals surface area contributed by atoms with Gasteiger partial charge in [0.1, 0.15) is 5.75 Å². The monoisotopic (exact) mass is 372 g/mol. The highest BCUT2D eigenvalue weighted by atomic mass is 35.5. The van der Waals surface area contributed by atoms with Crippen LogP contribution in [0.5, 0.6) is 5.75 Å². The Bertz CT molecular complexity index is 380. The molecule has 140 valence electrons. The van der Waals surface area contributed by atoms with Crippen molar-refractivity contribution in [1.29, 1.82) is 0 Å². The van der Waals surface area contributed by atoms with Gasteiger partial charge in [-0.25, -0.2) is 0 Å². The van der Waals surface area contributed by atoms with Crippen LogP contribution in [0.25, 0.3) is 0 Å². The summed E-state index contributed by atoms with van der Waals surface area (Å²) in [5.74, 6) is 0.333. The molecule has 0 radical (unpaired) electrons. The van der Waals surface area contributed by atoms with E-state index in [2.05, 4.69) is 19.6 Å². The topological polar surface area (TPSA) is 20.2 Å². The number of aromatic hydroxyl groups is 1. The Morgan fingerprint density at radius 1 is 0.750 bits per heavy atom. The second kappa shape index (κ2) is 16.1. The molecule has 3 heteroatoms. The van der Waals surface area contributed by atoms with Gasteiger partial charge in [0, 0.05) is 5.25 Å². The average Bonchev–Trinajstić information content (AvgIpc) is 2.56. The third-order valence-corrected chi connectivity index (χ3v) is 5.17. The smallest absolute Gasteiger partial charge is 0.115 e. The first kappa shape index (κ1) is 23.7. The van der Waals surface area contributed by atoms with E-state index in [1.807, 2.05) is 12.1 Å². The van der Waals surface area contributed by atoms with Crippen LogP contribution >= 0.6 is 25.0 Å². The molecule has 1 N–H and O–H groups in total. The minimum Gasteiger partial charge on any atom is -0.508 e. The molecule has 0 aliphatic heterocycles. The lowest BCUT2D eigenvalue weighted by Crippen LogP contribution is -1.91. The molecule has 1 aromatic rings. The van der Waals surface area contributed by atoms with Crippen molar-refractivity contribution >= 4 is 25.0 Å². The second-order valence-electron chi connectivity index (χ2n) is 6.79. The molecule has 1 rings (SSSR count). The van der Waals surface area contributed by atoms with Crippen molar-refractivity contribution in [1.82, 2.24) is 0 Å². The number of benzene rings is 1. The van der Waals surface area contributed by atoms with E-state index in [9.17, 15) is 5.11 Å². The Morgan fingerprint density at radius 3 is 1.62 bits per heavy atom. The van der Waals surface area contributed by atoms with Gasteiger partial charge in [0.25, 0.3) is 0 Å². The molecule has 0 saturated heterocycles. The molecule has 0 bridgehead atoms. The molecular formula is C21H37ClOS. The van der Waals surface area contributed by atoms with Crippen molar-refractivity contribution in [2.75, 3.05) is 0 Å². The Labute approximate surface area is 161 Å². The third kappa shape index (κ3) is 12.1. The van der Waals surface area contributed by atoms with Crippen LogP contribution in [-0.4, -0.2) is 5.11 Å². The number of rotatable bonds is 14. The Hall–Kier alpha value is -0.340. The van der Waals surface area contributed by atoms with Crippen LogP contribution in [0.15, 0.2) is 24.3 Å². The van der Waals surface area contributed by atoms with Gasteiger partial charge in [0.2, 0.25) is 0 Å². The predicted octanol–water partition coefficient (Wildman–Crippen LogP) is 7.88. The van der Waals surface area contributed by atoms with Crippen LogP contribution in [0.4, 0.5) is 0 Å². The van der Waals surface area contributed by atoms with Gasteiger partial charge in [-0.3, -0.25) is 0 Å². The van der Waals surface area contributed by atoms with Crippen molar-refractivity contribution in [3.05, 3.63) is 29.8 Å². The van der Waals surface area contributed by atoms with Gasteiger partial charge >= 0.3 is 0 Å². The molecule has 0 aromatic heterocycles. The van der Waals surface area contributed by atoms with Crippen LogP contribution in [0.2, 0.25) is 0 Å². The van der Waals surface area contributed by atoms with Crippen molar-refractivity contribution in [3.63, 3.8) is 0 Å². The lowest BCUT2D eigenvalue weighted by atomic mass is 10.0. The maximum Gasteiger partial charge on any atom is 0.115 e. The summed E-state index contributed by atoms with van der Waals surface area (Å²) in [6, 6.07) is 7.46. The first-order valence-electron chi connectivity index (χ1n) is 9.71. The molecule has 1 nitrogen and oxygen atoms in total. The summed E-state index contributed by atoms with van der Waals surface area (Å²) < 4.78 is 0. The summed E-state index contributed by atoms with van der Waals surface area (Å²) in [5, 5.41) is 9.61. The van der Waals surface area contributed by atoms with Crippen LogP contribution in [-0.2, 0) is 0 Å². The number of phenolic OH excluding ortho intramolecular Hbond substituents is 1. The van der Waals surface area contributed by atoms with E-state index in [0.717, 1.165) is 6.42 Å². The lowest BCUT2D eigenvalue weighted by molar-refractivity contribution is 0.475. The number of unbranched alkanes of at least 4 members (excludes halogenated alkanes) is 11. The fourth-order valence-electron chi connectivity index (χ4n) is 3.04. The maximum absolute atomic E-state index is 9.30. The molecule has 1 aromatic carbocycles. The molecule has 0 spiro atoms. The summed E-state index contributed by atoms with van der Waals surface area (Å²) >= 11 is 4.68. The van der Waals surface area contributed by atoms with Gasteiger partial charge in [0.05, 0.1) is 0 Å². The van der Waals surface area contributed by atoms with Gasteiger partial charge in [-0.15, -0.1) is 12.4 Å². The molecule has 0 heterocycles. The van der Waals surface area contributed by atoms with Crippen molar-refractivity contribution in [2.24, 2.45) is 0 Å². The largest absolute Gasteiger partial charge is 0.508 e. The summed E-state index contributed by atoms with van der Waals surface area (Å²) in [7, 11) is 0. The SMILES string of the molecule is CCCCCCCCCCCCCCC(S)c1ccc(O)cc1.Cl. The number of hydrogen-bond acceptors (Lipinski definition) is 2. The number of hydrogen-bond donors (Lipinski definition) is 2. The van der Waals surface area contributed by atoms with Gasteiger partial charge in [-0.05, 0) is 24.1 Å². The molecule has 0 aliphatic carbocycles. The second-order valence-corrected chi connectivity index (χ2v) is 7.41. The molecule has 24 heavy (non-hydrogen) atoms. The van der Waals surface area contributed by atoms with E-state index in [4.69, 9.17) is 0 Å². The highest BCUT2D eigenvalue weighted by molar-refractivity contribution is 7.80. The van der Waals surface area contributed by atoms with Gasteiger partial charge < -0.3 is 5.11 Å². The van der Waals surface area contributed by atoms with Gasteiger partial charge in [0.15, 0.2) is 0 Å². The zero-order valence-corrected chi connectivity index (χ0v) is 17.1. The molecule has 1 atom stereocenters. The zero-order valence-electron chi connectivity index (χ0n) is 15.4. The lowest BCUT2D eigenvalue weighted by Gasteiger charge is -2.11. The Morgan fingerprint density at radius 2 is 1.17 bits per heavy atom. The Balaban J connectivity index is 0.00000529. The molecular weight excluding hydrogens is 336 g/mol. The highest BCUT2D eigenvalue weighted by Crippen LogP contribution is 2.27. The first-order valence-corrected chi connectivity index (χ1v) is 10.2. The van der Waals surface area contributed by atoms with E-state index in [0.29, 0.717) is 11.0 Å². The molecule has 0 amide bonds. The molecule has 0 saturated carbocycles. The minimum absolute atomic E-state index is 0. The van der Waals surface area contributed by atoms with E-state index in [1.54, 1.807) is 12.1 Å². The number of halogens is 1. The zero-order chi connectivity index (χ0) is 16.8. The minimum atomic E-state index is 0. The Kier molecular flexibility index (Phi) is 15.9. The first-order chi connectivity index (χ1) is 11.2. The van der Waals surface area contributed by atoms with E-state index >= 15 is 0 Å². The van der Waals surface area contributed by atoms with E-state index in [-0.39, 0.29) is 12.4 Å². The predicted molar refractivity (Wildman–Crippen MR) is 113 cm³/mol. The highest BCUT2D eigenvalue weighted by Gasteiger charge is 2.05. The van der Waals surface area contributed by atoms with Crippen LogP contribution in [0, 0.1) is 0 Å². The van der Waals surface area contributed by atoms with Crippen LogP contribution in [0.1, 0.15) is 101 Å². The third-order valence-electron chi connectivity index (χ3n) is 4.61. The molecule has 0 fully saturated rings. The number of phenols is 1. The molecule has 1 unspecified atom stereocenters. The summed E-state index contributed by atoms with van der Waals surface area (Å²) in [6.07, 6.45) is 17.8. The fourth-order valence-corrected chi connectivity index (χ4v) is 3.40. The normalized spacial score (nSPS) is 11.9. The van der Waals surface area contributed by atoms with Crippen molar-refractivity contribution < 1.29 is 5.11 Å². The average molecular weight is 373 g/mol. The molecule has 0 aliphatic rings. The van der Waals surface area contributed by atoms with Gasteiger partial charge in [-0.2, -0.15) is 12.6 Å². The quantitative estimate of drug-likeness (QED) is 0.251. The van der Waals surface area contributed by atoms with Crippen LogP contribution in [0.3, 0.4) is 0 Å². The maximum atomic E-state index is 9.30. The van der Waals surface area contributed by atoms with Crippen LogP contribution < -0.4 is 0 Å². The fraction of sp³-hybridized carbons (Fsp3) is 0.714. The van der Waals surface area contributed by atoms with Crippen molar-refractivity contribution in [3.8, 4) is 5.75 Å². The van der Waals surface area contributed by atoms with E-state index in [1.165, 1.54) is 82.6 Å². The van der Waals surface area contributed by atoms with Gasteiger partial charge in [-0.1, -0.05) is 96.1 Å². The summed E-state index contributed by atoms with van der Waals surface area (Å²) in [4.78, 5) is 0. The summed E-state index contributed by atoms with van der Waals surface area (Å²) in [5.41, 5.74) is 1.22. The van der Waals surface area contributed by atoms with Crippen molar-refractivity contribution in [2.45, 2.75) is 95.6 Å². The standard InChI is InChI=1S/C21H36OS.ClH/c1-2-3-4-5-6-7-8-9-10-11-12-13-14-21(23)19-15-17-20(22)18-16-19;/h15-18,21-23H,2-14H2,1H3;1H. The van der Waals surface area contributed by atoms with E-state index < -0.39 is 0 Å². The number of thiol groups is 1. The summed E-state index contributed by atoms with van der Waals surface area (Å²) in [6.45, 7) is 2.28.